The van der Waals surface area contributed by atoms with E-state index in [1.165, 1.54) is 52.4 Å². The first-order valence-electron chi connectivity index (χ1n) is 13.0. The molecule has 2 heterocycles. The van der Waals surface area contributed by atoms with Crippen LogP contribution in [0.1, 0.15) is 56.1 Å². The maximum Gasteiger partial charge on any atom is 0.248 e. The molecule has 2 fully saturated rings. The third kappa shape index (κ3) is 8.17. The Morgan fingerprint density at radius 2 is 1.83 bits per heavy atom. The van der Waals surface area contributed by atoms with Gasteiger partial charge in [0, 0.05) is 19.7 Å². The van der Waals surface area contributed by atoms with Crippen molar-refractivity contribution in [1.82, 2.24) is 14.5 Å². The second-order valence-electron chi connectivity index (χ2n) is 9.81. The molecule has 0 unspecified atom stereocenters. The van der Waals surface area contributed by atoms with Gasteiger partial charge in [-0.3, -0.25) is 4.79 Å². The van der Waals surface area contributed by atoms with Crippen LogP contribution in [0.4, 0.5) is 0 Å². The van der Waals surface area contributed by atoms with Crippen LogP contribution in [0.3, 0.4) is 0 Å². The van der Waals surface area contributed by atoms with Crippen LogP contribution in [-0.4, -0.2) is 84.2 Å². The summed E-state index contributed by atoms with van der Waals surface area (Å²) in [5.74, 6) is 1.41. The van der Waals surface area contributed by atoms with Crippen LogP contribution in [0.2, 0.25) is 0 Å². The van der Waals surface area contributed by atoms with E-state index in [1.807, 2.05) is 4.90 Å². The zero-order valence-electron chi connectivity index (χ0n) is 21.7. The standard InChI is InChI=1S/C26H43N3O5S/c1-21-18-24(33-3)19-23(26(21)35(31,32)27-2)9-7-17-34-20-25(30)29-15-10-22(11-16-29)8-6-14-28-12-4-5-13-28/h18-19,22,27H,4-17,20H2,1-3H3. The van der Waals surface area contributed by atoms with Crippen molar-refractivity contribution in [3.63, 3.8) is 0 Å². The van der Waals surface area contributed by atoms with E-state index < -0.39 is 10.0 Å². The van der Waals surface area contributed by atoms with Gasteiger partial charge in [-0.15, -0.1) is 0 Å². The topological polar surface area (TPSA) is 88.2 Å². The molecule has 1 aromatic carbocycles. The molecule has 1 amide bonds. The minimum atomic E-state index is -3.58. The lowest BCUT2D eigenvalue weighted by Gasteiger charge is -2.32. The highest BCUT2D eigenvalue weighted by Gasteiger charge is 2.23. The Labute approximate surface area is 211 Å². The molecule has 0 aliphatic carbocycles. The van der Waals surface area contributed by atoms with Crippen LogP contribution in [0.5, 0.6) is 5.75 Å². The summed E-state index contributed by atoms with van der Waals surface area (Å²) in [4.78, 5) is 17.4. The van der Waals surface area contributed by atoms with Crippen molar-refractivity contribution in [1.29, 1.82) is 0 Å². The van der Waals surface area contributed by atoms with Gasteiger partial charge in [0.2, 0.25) is 15.9 Å². The van der Waals surface area contributed by atoms with Gasteiger partial charge in [-0.05, 0) is 114 Å². The zero-order valence-corrected chi connectivity index (χ0v) is 22.5. The van der Waals surface area contributed by atoms with Gasteiger partial charge < -0.3 is 19.3 Å². The van der Waals surface area contributed by atoms with Crippen molar-refractivity contribution >= 4 is 15.9 Å². The number of aryl methyl sites for hydroxylation is 2. The van der Waals surface area contributed by atoms with Gasteiger partial charge >= 0.3 is 0 Å². The average molecular weight is 510 g/mol. The van der Waals surface area contributed by atoms with Crippen molar-refractivity contribution in [3.05, 3.63) is 23.3 Å². The first-order chi connectivity index (χ1) is 16.8. The highest BCUT2D eigenvalue weighted by atomic mass is 32.2. The predicted octanol–water partition coefficient (Wildman–Crippen LogP) is 2.98. The van der Waals surface area contributed by atoms with Gasteiger partial charge in [0.1, 0.15) is 12.4 Å². The minimum absolute atomic E-state index is 0.0520. The molecule has 0 bridgehead atoms. The smallest absolute Gasteiger partial charge is 0.248 e. The van der Waals surface area contributed by atoms with Crippen molar-refractivity contribution in [2.45, 2.75) is 63.2 Å². The number of carbonyl (C=O) groups is 1. The van der Waals surface area contributed by atoms with Crippen LogP contribution < -0.4 is 9.46 Å². The van der Waals surface area contributed by atoms with Crippen LogP contribution in [0, 0.1) is 12.8 Å². The van der Waals surface area contributed by atoms with E-state index >= 15 is 0 Å². The molecule has 0 spiro atoms. The number of benzene rings is 1. The fraction of sp³-hybridized carbons (Fsp3) is 0.731. The summed E-state index contributed by atoms with van der Waals surface area (Å²) < 4.78 is 38.4. The maximum atomic E-state index is 12.6. The fourth-order valence-electron chi connectivity index (χ4n) is 5.30. The largest absolute Gasteiger partial charge is 0.497 e. The van der Waals surface area contributed by atoms with E-state index in [-0.39, 0.29) is 12.5 Å². The highest BCUT2D eigenvalue weighted by Crippen LogP contribution is 2.27. The Bertz CT molecular complexity index is 923. The van der Waals surface area contributed by atoms with Gasteiger partial charge in [0.15, 0.2) is 0 Å². The van der Waals surface area contributed by atoms with E-state index in [9.17, 15) is 13.2 Å². The molecule has 2 aliphatic heterocycles. The number of carbonyl (C=O) groups excluding carboxylic acids is 1. The number of ether oxygens (including phenoxy) is 2. The molecule has 8 nitrogen and oxygen atoms in total. The van der Waals surface area contributed by atoms with Crippen molar-refractivity contribution < 1.29 is 22.7 Å². The molecule has 2 aliphatic rings. The number of hydrogen-bond acceptors (Lipinski definition) is 6. The first-order valence-corrected chi connectivity index (χ1v) is 14.5. The second-order valence-corrected chi connectivity index (χ2v) is 11.6. The van der Waals surface area contributed by atoms with E-state index in [2.05, 4.69) is 9.62 Å². The van der Waals surface area contributed by atoms with Gasteiger partial charge in [0.05, 0.1) is 12.0 Å². The average Bonchev–Trinajstić information content (AvgIpc) is 3.37. The van der Waals surface area contributed by atoms with Crippen LogP contribution >= 0.6 is 0 Å². The molecule has 198 valence electrons. The normalized spacial score (nSPS) is 17.7. The van der Waals surface area contributed by atoms with E-state index in [4.69, 9.17) is 9.47 Å². The van der Waals surface area contributed by atoms with Crippen LogP contribution in [-0.2, 0) is 26.0 Å². The van der Waals surface area contributed by atoms with Crippen molar-refractivity contribution in [2.75, 3.05) is 60.1 Å². The fourth-order valence-corrected chi connectivity index (χ4v) is 6.49. The van der Waals surface area contributed by atoms with Gasteiger partial charge in [0.25, 0.3) is 0 Å². The molecule has 3 rings (SSSR count). The molecule has 1 N–H and O–H groups in total. The number of hydrogen-bond donors (Lipinski definition) is 1. The predicted molar refractivity (Wildman–Crippen MR) is 137 cm³/mol. The number of rotatable bonds is 13. The van der Waals surface area contributed by atoms with E-state index in [0.717, 1.165) is 31.8 Å². The number of nitrogens with one attached hydrogen (secondary N) is 1. The molecular formula is C26H43N3O5S. The molecule has 2 saturated heterocycles. The Morgan fingerprint density at radius 3 is 2.49 bits per heavy atom. The summed E-state index contributed by atoms with van der Waals surface area (Å²) in [6.07, 6.45) is 8.55. The summed E-state index contributed by atoms with van der Waals surface area (Å²) in [5, 5.41) is 0. The summed E-state index contributed by atoms with van der Waals surface area (Å²) in [6.45, 7) is 7.65. The zero-order chi connectivity index (χ0) is 25.3. The molecule has 0 aromatic heterocycles. The summed E-state index contributed by atoms with van der Waals surface area (Å²) in [6, 6.07) is 3.48. The second kappa shape index (κ2) is 13.6. The first kappa shape index (κ1) is 27.9. The van der Waals surface area contributed by atoms with Gasteiger partial charge in [-0.2, -0.15) is 0 Å². The maximum absolute atomic E-state index is 12.6. The van der Waals surface area contributed by atoms with Crippen LogP contribution in [0.25, 0.3) is 0 Å². The Morgan fingerprint density at radius 1 is 1.11 bits per heavy atom. The molecule has 9 heteroatoms. The minimum Gasteiger partial charge on any atom is -0.497 e. The summed E-state index contributed by atoms with van der Waals surface area (Å²) in [7, 11) is -0.602. The molecule has 35 heavy (non-hydrogen) atoms. The number of amides is 1. The van der Waals surface area contributed by atoms with Crippen LogP contribution in [0.15, 0.2) is 17.0 Å². The summed E-state index contributed by atoms with van der Waals surface area (Å²) in [5.41, 5.74) is 1.34. The monoisotopic (exact) mass is 509 g/mol. The van der Waals surface area contributed by atoms with E-state index in [1.54, 1.807) is 26.2 Å². The van der Waals surface area contributed by atoms with Gasteiger partial charge in [-0.25, -0.2) is 13.1 Å². The number of piperidine rings is 1. The Hall–Kier alpha value is -1.68. The van der Waals surface area contributed by atoms with Crippen molar-refractivity contribution in [2.24, 2.45) is 5.92 Å². The molecule has 0 radical (unpaired) electrons. The summed E-state index contributed by atoms with van der Waals surface area (Å²) >= 11 is 0. The SMILES string of the molecule is CNS(=O)(=O)c1c(C)cc(OC)cc1CCCOCC(=O)N1CCC(CCCN2CCCC2)CC1. The lowest BCUT2D eigenvalue weighted by molar-refractivity contribution is -0.137. The molecular weight excluding hydrogens is 466 g/mol. The Kier molecular flexibility index (Phi) is 10.8. The quantitative estimate of drug-likeness (QED) is 0.412. The van der Waals surface area contributed by atoms with Gasteiger partial charge in [-0.1, -0.05) is 0 Å². The Balaban J connectivity index is 1.36. The number of nitrogens with zero attached hydrogens (tertiary/aromatic N) is 2. The third-order valence-corrected chi connectivity index (χ3v) is 8.97. The third-order valence-electron chi connectivity index (χ3n) is 7.31. The lowest BCUT2D eigenvalue weighted by atomic mass is 9.92. The van der Waals surface area contributed by atoms with Crippen molar-refractivity contribution in [3.8, 4) is 5.75 Å². The molecule has 0 atom stereocenters. The number of likely N-dealkylation sites (tertiary alicyclic amines) is 2. The number of methoxy groups -OCH3 is 1. The lowest BCUT2D eigenvalue weighted by Crippen LogP contribution is -2.40. The van der Waals surface area contributed by atoms with E-state index in [0.29, 0.717) is 41.2 Å². The molecule has 1 aromatic rings. The highest BCUT2D eigenvalue weighted by molar-refractivity contribution is 7.89. The number of sulfonamides is 1. The molecule has 0 saturated carbocycles.